The molecule has 4 saturated heterocycles. The number of carbonyl (C=O) groups excluding carboxylic acids is 1. The third kappa shape index (κ3) is 6.39. The SMILES string of the molecule is C=CC(=O)N1CCC(N(C)c2nc(OCC34CCCN3CCC4)nc3c(F)c(-c4cccc5ccc(F)c(Cl)c45)ncc23)C1.CCN1CCC1. The summed E-state index contributed by atoms with van der Waals surface area (Å²) in [4.78, 5) is 34.8. The molecule has 8 rings (SSSR count). The summed E-state index contributed by atoms with van der Waals surface area (Å²) in [6.07, 6.45) is 9.33. The summed E-state index contributed by atoms with van der Waals surface area (Å²) in [7, 11) is 1.88. The molecular formula is C38H44ClF2N7O2. The molecule has 264 valence electrons. The smallest absolute Gasteiger partial charge is 0.319 e. The van der Waals surface area contributed by atoms with Crippen LogP contribution in [0.15, 0.2) is 49.2 Å². The summed E-state index contributed by atoms with van der Waals surface area (Å²) in [5.41, 5.74) is 0.375. The van der Waals surface area contributed by atoms with Gasteiger partial charge < -0.3 is 19.4 Å². The van der Waals surface area contributed by atoms with Crippen LogP contribution in [0.2, 0.25) is 5.02 Å². The van der Waals surface area contributed by atoms with Crippen LogP contribution in [0.1, 0.15) is 45.4 Å². The van der Waals surface area contributed by atoms with Crippen molar-refractivity contribution < 1.29 is 18.3 Å². The molecule has 4 aliphatic rings. The zero-order chi connectivity index (χ0) is 35.0. The molecule has 4 aromatic rings. The Bertz CT molecular complexity index is 1910. The normalized spacial score (nSPS) is 20.0. The zero-order valence-corrected chi connectivity index (χ0v) is 29.6. The fourth-order valence-corrected chi connectivity index (χ4v) is 8.24. The van der Waals surface area contributed by atoms with Gasteiger partial charge in [0.05, 0.1) is 15.9 Å². The molecule has 4 fully saturated rings. The molecular weight excluding hydrogens is 660 g/mol. The van der Waals surface area contributed by atoms with Gasteiger partial charge in [-0.15, -0.1) is 0 Å². The molecule has 0 aliphatic carbocycles. The standard InChI is InChI=1S/C33H33ClF2N6O2.C5H11N/c1-3-25(43)41-16-11-21(18-41)40(2)31-23-17-37-29(22-8-4-7-20-9-10-24(35)27(34)26(20)22)28(36)30(23)38-32(39-31)44-19-33-12-5-14-42(33)15-6-13-33;1-2-6-4-3-5-6/h3-4,7-10,17,21H,1,5-6,11-16,18-19H2,2H3;2-5H2,1H3. The molecule has 1 amide bonds. The summed E-state index contributed by atoms with van der Waals surface area (Å²) in [5, 5.41) is 1.36. The van der Waals surface area contributed by atoms with Crippen molar-refractivity contribution in [1.29, 1.82) is 0 Å². The Hall–Kier alpha value is -3.93. The third-order valence-electron chi connectivity index (χ3n) is 11.0. The zero-order valence-electron chi connectivity index (χ0n) is 28.8. The number of amides is 1. The number of ether oxygens (including phenoxy) is 1. The Labute approximate surface area is 296 Å². The molecule has 0 radical (unpaired) electrons. The number of pyridine rings is 1. The van der Waals surface area contributed by atoms with Gasteiger partial charge in [0.1, 0.15) is 29.5 Å². The maximum Gasteiger partial charge on any atom is 0.319 e. The van der Waals surface area contributed by atoms with Gasteiger partial charge in [-0.3, -0.25) is 14.7 Å². The molecule has 12 heteroatoms. The lowest BCUT2D eigenvalue weighted by Gasteiger charge is -2.31. The van der Waals surface area contributed by atoms with Crippen molar-refractivity contribution in [2.45, 2.75) is 57.0 Å². The lowest BCUT2D eigenvalue weighted by molar-refractivity contribution is -0.125. The maximum absolute atomic E-state index is 16.6. The van der Waals surface area contributed by atoms with E-state index in [9.17, 15) is 9.18 Å². The van der Waals surface area contributed by atoms with Crippen molar-refractivity contribution in [2.24, 2.45) is 0 Å². The monoisotopic (exact) mass is 703 g/mol. The van der Waals surface area contributed by atoms with E-state index in [4.69, 9.17) is 21.3 Å². The Morgan fingerprint density at radius 1 is 1.10 bits per heavy atom. The van der Waals surface area contributed by atoms with Gasteiger partial charge in [0, 0.05) is 43.3 Å². The number of benzene rings is 2. The van der Waals surface area contributed by atoms with Gasteiger partial charge in [-0.25, -0.2) is 8.78 Å². The van der Waals surface area contributed by atoms with Crippen molar-refractivity contribution in [2.75, 3.05) is 64.4 Å². The van der Waals surface area contributed by atoms with Gasteiger partial charge in [0.15, 0.2) is 5.82 Å². The Balaban J connectivity index is 0.000000593. The van der Waals surface area contributed by atoms with Gasteiger partial charge in [-0.2, -0.15) is 9.97 Å². The highest BCUT2D eigenvalue weighted by Gasteiger charge is 2.45. The van der Waals surface area contributed by atoms with Crippen molar-refractivity contribution in [3.8, 4) is 17.3 Å². The van der Waals surface area contributed by atoms with E-state index in [0.717, 1.165) is 38.8 Å². The van der Waals surface area contributed by atoms with Crippen molar-refractivity contribution in [3.63, 3.8) is 0 Å². The highest BCUT2D eigenvalue weighted by atomic mass is 35.5. The van der Waals surface area contributed by atoms with Crippen LogP contribution in [0.5, 0.6) is 6.01 Å². The van der Waals surface area contributed by atoms with E-state index >= 15 is 4.39 Å². The van der Waals surface area contributed by atoms with Crippen molar-refractivity contribution in [3.05, 3.63) is 65.8 Å². The summed E-state index contributed by atoms with van der Waals surface area (Å²) >= 11 is 6.39. The number of hydrogen-bond donors (Lipinski definition) is 0. The van der Waals surface area contributed by atoms with Crippen molar-refractivity contribution in [1.82, 2.24) is 29.7 Å². The third-order valence-corrected chi connectivity index (χ3v) is 11.4. The highest BCUT2D eigenvalue weighted by Crippen LogP contribution is 2.41. The number of anilines is 1. The number of aromatic nitrogens is 3. The summed E-state index contributed by atoms with van der Waals surface area (Å²) in [6, 6.07) is 8.15. The molecule has 1 atom stereocenters. The lowest BCUT2D eigenvalue weighted by atomic mass is 9.95. The fourth-order valence-electron chi connectivity index (χ4n) is 7.97. The second kappa shape index (κ2) is 14.4. The molecule has 2 aromatic heterocycles. The van der Waals surface area contributed by atoms with E-state index in [0.29, 0.717) is 53.7 Å². The van der Waals surface area contributed by atoms with Gasteiger partial charge in [-0.05, 0) is 88.8 Å². The van der Waals surface area contributed by atoms with E-state index in [1.807, 2.05) is 11.9 Å². The number of halogens is 3. The minimum absolute atomic E-state index is 0.00817. The number of rotatable bonds is 8. The first kappa shape index (κ1) is 34.5. The second-order valence-corrected chi connectivity index (χ2v) is 14.2. The number of likely N-dealkylation sites (N-methyl/N-ethyl adjacent to an activating group) is 1. The molecule has 0 N–H and O–H groups in total. The molecule has 6 heterocycles. The maximum atomic E-state index is 16.6. The van der Waals surface area contributed by atoms with Gasteiger partial charge in [-0.1, -0.05) is 49.4 Å². The van der Waals surface area contributed by atoms with E-state index in [1.165, 1.54) is 38.2 Å². The first-order chi connectivity index (χ1) is 24.2. The topological polar surface area (TPSA) is 77.9 Å². The second-order valence-electron chi connectivity index (χ2n) is 13.8. The number of nitrogens with zero attached hydrogens (tertiary/aromatic N) is 7. The minimum Gasteiger partial charge on any atom is -0.461 e. The lowest BCUT2D eigenvalue weighted by Crippen LogP contribution is -2.43. The van der Waals surface area contributed by atoms with Crippen LogP contribution < -0.4 is 9.64 Å². The number of carbonyl (C=O) groups is 1. The van der Waals surface area contributed by atoms with E-state index in [-0.39, 0.29) is 39.7 Å². The number of fused-ring (bicyclic) bond motifs is 3. The molecule has 0 spiro atoms. The van der Waals surface area contributed by atoms with Crippen LogP contribution in [0.3, 0.4) is 0 Å². The van der Waals surface area contributed by atoms with Gasteiger partial charge in [0.2, 0.25) is 5.91 Å². The quantitative estimate of drug-likeness (QED) is 0.187. The van der Waals surface area contributed by atoms with Gasteiger partial charge in [0.25, 0.3) is 0 Å². The molecule has 4 aliphatic heterocycles. The summed E-state index contributed by atoms with van der Waals surface area (Å²) < 4.78 is 37.5. The van der Waals surface area contributed by atoms with Crippen LogP contribution in [0.4, 0.5) is 14.6 Å². The number of hydrogen-bond acceptors (Lipinski definition) is 8. The van der Waals surface area contributed by atoms with Crippen LogP contribution in [0.25, 0.3) is 32.9 Å². The van der Waals surface area contributed by atoms with E-state index in [1.54, 1.807) is 35.4 Å². The van der Waals surface area contributed by atoms with Gasteiger partial charge >= 0.3 is 6.01 Å². The van der Waals surface area contributed by atoms with E-state index < -0.39 is 11.6 Å². The molecule has 0 bridgehead atoms. The van der Waals surface area contributed by atoms with Crippen LogP contribution in [0, 0.1) is 11.6 Å². The van der Waals surface area contributed by atoms with E-state index in [2.05, 4.69) is 33.3 Å². The minimum atomic E-state index is -0.673. The van der Waals surface area contributed by atoms with Crippen LogP contribution in [-0.4, -0.2) is 107 Å². The van der Waals surface area contributed by atoms with Crippen molar-refractivity contribution >= 4 is 45.0 Å². The van der Waals surface area contributed by atoms with Crippen LogP contribution >= 0.6 is 11.6 Å². The van der Waals surface area contributed by atoms with Crippen LogP contribution in [-0.2, 0) is 4.79 Å². The highest BCUT2D eigenvalue weighted by molar-refractivity contribution is 6.36. The molecule has 9 nitrogen and oxygen atoms in total. The molecule has 0 saturated carbocycles. The first-order valence-electron chi connectivity index (χ1n) is 17.7. The Kier molecular flexibility index (Phi) is 9.91. The Morgan fingerprint density at radius 3 is 2.56 bits per heavy atom. The first-order valence-corrected chi connectivity index (χ1v) is 18.1. The predicted octanol–water partition coefficient (Wildman–Crippen LogP) is 6.72. The Morgan fingerprint density at radius 2 is 1.88 bits per heavy atom. The molecule has 1 unspecified atom stereocenters. The fraction of sp³-hybridized carbons (Fsp3) is 0.474. The summed E-state index contributed by atoms with van der Waals surface area (Å²) in [6.45, 7) is 13.3. The summed E-state index contributed by atoms with van der Waals surface area (Å²) in [5.74, 6) is -0.928. The molecule has 2 aromatic carbocycles. The average molecular weight is 704 g/mol. The average Bonchev–Trinajstić information content (AvgIpc) is 3.85. The largest absolute Gasteiger partial charge is 0.461 e. The predicted molar refractivity (Wildman–Crippen MR) is 194 cm³/mol. The molecule has 50 heavy (non-hydrogen) atoms. The number of likely N-dealkylation sites (tertiary alicyclic amines) is 2.